The molecule has 4 nitrogen and oxygen atoms in total. The lowest BCUT2D eigenvalue weighted by atomic mass is 10.1. The lowest BCUT2D eigenvalue weighted by Crippen LogP contribution is -2.38. The Balaban J connectivity index is 2.22. The van der Waals surface area contributed by atoms with Crippen molar-refractivity contribution in [3.05, 3.63) is 59.2 Å². The smallest absolute Gasteiger partial charge is 0.321 e. The fourth-order valence-corrected chi connectivity index (χ4v) is 2.57. The van der Waals surface area contributed by atoms with Crippen molar-refractivity contribution >= 4 is 11.7 Å². The summed E-state index contributed by atoms with van der Waals surface area (Å²) >= 11 is 0. The minimum atomic E-state index is -0.119. The summed E-state index contributed by atoms with van der Waals surface area (Å²) < 4.78 is 5.97. The van der Waals surface area contributed by atoms with E-state index in [1.54, 1.807) is 11.9 Å². The molecule has 0 aliphatic heterocycles. The van der Waals surface area contributed by atoms with Crippen LogP contribution < -0.4 is 15.0 Å². The zero-order valence-corrected chi connectivity index (χ0v) is 14.2. The maximum absolute atomic E-state index is 12.0. The molecule has 122 valence electrons. The molecular weight excluding hydrogens is 288 g/mol. The highest BCUT2D eigenvalue weighted by atomic mass is 16.5. The standard InChI is InChI=1S/C19H24N2O2/c1-5-21(19(22)20-4)17-9-7-6-8-16(17)13-23-18-11-10-14(2)12-15(18)3/h6-12H,5,13H2,1-4H3,(H,20,22). The van der Waals surface area contributed by atoms with Gasteiger partial charge in [0.2, 0.25) is 0 Å². The Bertz CT molecular complexity index is 683. The number of hydrogen-bond donors (Lipinski definition) is 1. The Morgan fingerprint density at radius 3 is 2.57 bits per heavy atom. The number of aryl methyl sites for hydroxylation is 2. The number of nitrogens with zero attached hydrogens (tertiary/aromatic N) is 1. The minimum Gasteiger partial charge on any atom is -0.489 e. The molecule has 2 amide bonds. The summed E-state index contributed by atoms with van der Waals surface area (Å²) in [5.41, 5.74) is 4.19. The molecule has 0 saturated heterocycles. The topological polar surface area (TPSA) is 41.6 Å². The van der Waals surface area contributed by atoms with Gasteiger partial charge in [-0.05, 0) is 38.5 Å². The second-order valence-corrected chi connectivity index (χ2v) is 5.49. The number of ether oxygens (including phenoxy) is 1. The van der Waals surface area contributed by atoms with E-state index < -0.39 is 0 Å². The van der Waals surface area contributed by atoms with Gasteiger partial charge >= 0.3 is 6.03 Å². The van der Waals surface area contributed by atoms with Gasteiger partial charge in [0.1, 0.15) is 12.4 Å². The van der Waals surface area contributed by atoms with E-state index in [0.29, 0.717) is 13.2 Å². The van der Waals surface area contributed by atoms with Gasteiger partial charge in [0, 0.05) is 19.2 Å². The molecule has 0 heterocycles. The van der Waals surface area contributed by atoms with Gasteiger partial charge < -0.3 is 10.1 Å². The van der Waals surface area contributed by atoms with Crippen LogP contribution in [0.2, 0.25) is 0 Å². The van der Waals surface area contributed by atoms with E-state index in [1.165, 1.54) is 5.56 Å². The molecule has 0 aliphatic rings. The van der Waals surface area contributed by atoms with E-state index in [9.17, 15) is 4.79 Å². The number of benzene rings is 2. The molecule has 0 spiro atoms. The second-order valence-electron chi connectivity index (χ2n) is 5.49. The summed E-state index contributed by atoms with van der Waals surface area (Å²) in [4.78, 5) is 13.7. The van der Waals surface area contributed by atoms with Crippen molar-refractivity contribution in [1.82, 2.24) is 5.32 Å². The molecule has 0 fully saturated rings. The Hall–Kier alpha value is -2.49. The van der Waals surface area contributed by atoms with Crippen molar-refractivity contribution in [3.63, 3.8) is 0 Å². The van der Waals surface area contributed by atoms with Gasteiger partial charge in [0.25, 0.3) is 0 Å². The van der Waals surface area contributed by atoms with Crippen molar-refractivity contribution in [1.29, 1.82) is 0 Å². The largest absolute Gasteiger partial charge is 0.489 e. The lowest BCUT2D eigenvalue weighted by molar-refractivity contribution is 0.248. The first-order chi connectivity index (χ1) is 11.1. The zero-order valence-electron chi connectivity index (χ0n) is 14.2. The summed E-state index contributed by atoms with van der Waals surface area (Å²) in [5, 5.41) is 2.68. The number of carbonyl (C=O) groups is 1. The minimum absolute atomic E-state index is 0.119. The van der Waals surface area contributed by atoms with Crippen LogP contribution in [0.3, 0.4) is 0 Å². The number of hydrogen-bond acceptors (Lipinski definition) is 2. The summed E-state index contributed by atoms with van der Waals surface area (Å²) in [5.74, 6) is 0.869. The fourth-order valence-electron chi connectivity index (χ4n) is 2.57. The first-order valence-corrected chi connectivity index (χ1v) is 7.84. The van der Waals surface area contributed by atoms with Crippen molar-refractivity contribution in [3.8, 4) is 5.75 Å². The maximum atomic E-state index is 12.0. The van der Waals surface area contributed by atoms with Crippen LogP contribution in [-0.2, 0) is 6.61 Å². The molecule has 0 atom stereocenters. The molecule has 4 heteroatoms. The average Bonchev–Trinajstić information content (AvgIpc) is 2.55. The number of urea groups is 1. The molecule has 2 rings (SSSR count). The highest BCUT2D eigenvalue weighted by Gasteiger charge is 2.15. The Morgan fingerprint density at radius 1 is 1.17 bits per heavy atom. The third-order valence-corrected chi connectivity index (χ3v) is 3.77. The fraction of sp³-hybridized carbons (Fsp3) is 0.316. The third kappa shape index (κ3) is 4.03. The summed E-state index contributed by atoms with van der Waals surface area (Å²) in [6.45, 7) is 7.08. The summed E-state index contributed by atoms with van der Waals surface area (Å²) in [7, 11) is 1.64. The van der Waals surface area contributed by atoms with Crippen molar-refractivity contribution in [2.75, 3.05) is 18.5 Å². The van der Waals surface area contributed by atoms with E-state index >= 15 is 0 Å². The summed E-state index contributed by atoms with van der Waals surface area (Å²) in [6, 6.07) is 13.8. The Labute approximate surface area is 138 Å². The molecule has 0 bridgehead atoms. The quantitative estimate of drug-likeness (QED) is 0.905. The first kappa shape index (κ1) is 16.9. The van der Waals surface area contributed by atoms with Crippen LogP contribution in [0.5, 0.6) is 5.75 Å². The number of rotatable bonds is 5. The number of anilines is 1. The van der Waals surface area contributed by atoms with Gasteiger partial charge in [-0.2, -0.15) is 0 Å². The summed E-state index contributed by atoms with van der Waals surface area (Å²) in [6.07, 6.45) is 0. The molecule has 0 radical (unpaired) electrons. The van der Waals surface area contributed by atoms with Crippen LogP contribution in [-0.4, -0.2) is 19.6 Å². The van der Waals surface area contributed by atoms with Crippen LogP contribution in [0, 0.1) is 13.8 Å². The molecule has 0 saturated carbocycles. The highest BCUT2D eigenvalue weighted by molar-refractivity contribution is 5.92. The SMILES string of the molecule is CCN(C(=O)NC)c1ccccc1COc1ccc(C)cc1C. The van der Waals surface area contributed by atoms with E-state index in [2.05, 4.69) is 18.3 Å². The van der Waals surface area contributed by atoms with Crippen LogP contribution in [0.15, 0.2) is 42.5 Å². The van der Waals surface area contributed by atoms with Gasteiger partial charge in [-0.3, -0.25) is 4.90 Å². The molecule has 0 aliphatic carbocycles. The lowest BCUT2D eigenvalue weighted by Gasteiger charge is -2.23. The normalized spacial score (nSPS) is 10.3. The van der Waals surface area contributed by atoms with E-state index in [1.807, 2.05) is 50.2 Å². The van der Waals surface area contributed by atoms with Gasteiger partial charge in [0.15, 0.2) is 0 Å². The van der Waals surface area contributed by atoms with E-state index in [-0.39, 0.29) is 6.03 Å². The van der Waals surface area contributed by atoms with Crippen molar-refractivity contribution in [2.45, 2.75) is 27.4 Å². The monoisotopic (exact) mass is 312 g/mol. The number of amides is 2. The van der Waals surface area contributed by atoms with E-state index in [0.717, 1.165) is 22.6 Å². The predicted molar refractivity (Wildman–Crippen MR) is 94.2 cm³/mol. The molecule has 2 aromatic rings. The van der Waals surface area contributed by atoms with Gasteiger partial charge in [-0.25, -0.2) is 4.79 Å². The van der Waals surface area contributed by atoms with Gasteiger partial charge in [0.05, 0.1) is 5.69 Å². The third-order valence-electron chi connectivity index (χ3n) is 3.77. The first-order valence-electron chi connectivity index (χ1n) is 7.84. The van der Waals surface area contributed by atoms with Crippen LogP contribution in [0.1, 0.15) is 23.6 Å². The molecule has 23 heavy (non-hydrogen) atoms. The van der Waals surface area contributed by atoms with Crippen molar-refractivity contribution < 1.29 is 9.53 Å². The maximum Gasteiger partial charge on any atom is 0.321 e. The van der Waals surface area contributed by atoms with E-state index in [4.69, 9.17) is 4.74 Å². The van der Waals surface area contributed by atoms with Crippen LogP contribution in [0.25, 0.3) is 0 Å². The highest BCUT2D eigenvalue weighted by Crippen LogP contribution is 2.24. The number of carbonyl (C=O) groups excluding carboxylic acids is 1. The molecule has 0 unspecified atom stereocenters. The molecule has 1 N–H and O–H groups in total. The predicted octanol–water partition coefficient (Wildman–Crippen LogP) is 4.05. The van der Waals surface area contributed by atoms with Gasteiger partial charge in [-0.15, -0.1) is 0 Å². The Morgan fingerprint density at radius 2 is 1.91 bits per heavy atom. The Kier molecular flexibility index (Phi) is 5.63. The molecule has 0 aromatic heterocycles. The number of para-hydroxylation sites is 1. The van der Waals surface area contributed by atoms with Gasteiger partial charge in [-0.1, -0.05) is 35.9 Å². The second kappa shape index (κ2) is 7.68. The van der Waals surface area contributed by atoms with Crippen LogP contribution >= 0.6 is 0 Å². The average molecular weight is 312 g/mol. The number of nitrogens with one attached hydrogen (secondary N) is 1. The molecule has 2 aromatic carbocycles. The van der Waals surface area contributed by atoms with Crippen LogP contribution in [0.4, 0.5) is 10.5 Å². The zero-order chi connectivity index (χ0) is 16.8. The molecular formula is C19H24N2O2. The van der Waals surface area contributed by atoms with Crippen molar-refractivity contribution in [2.24, 2.45) is 0 Å².